The predicted octanol–water partition coefficient (Wildman–Crippen LogP) is 3.92. The zero-order chi connectivity index (χ0) is 18.1. The van der Waals surface area contributed by atoms with Gasteiger partial charge in [0, 0.05) is 13.2 Å². The van der Waals surface area contributed by atoms with E-state index in [2.05, 4.69) is 4.98 Å². The van der Waals surface area contributed by atoms with Crippen molar-refractivity contribution in [2.45, 2.75) is 17.1 Å². The summed E-state index contributed by atoms with van der Waals surface area (Å²) in [4.78, 5) is 2.91. The SMILES string of the molecule is CN([C@H](c1ccc(F)cc1)C(F)(F)F)[S@@](=N)(=O)c1cncc(F)c1. The Balaban J connectivity index is 2.52. The monoisotopic (exact) mass is 365 g/mol. The predicted molar refractivity (Wildman–Crippen MR) is 76.3 cm³/mol. The molecule has 2 atom stereocenters. The molecule has 0 aliphatic rings. The van der Waals surface area contributed by atoms with Crippen LogP contribution in [0.3, 0.4) is 0 Å². The number of aromatic nitrogens is 1. The number of hydrogen-bond donors (Lipinski definition) is 1. The first-order valence-electron chi connectivity index (χ1n) is 6.48. The number of nitrogens with zero attached hydrogens (tertiary/aromatic N) is 2. The second-order valence-corrected chi connectivity index (χ2v) is 7.01. The molecule has 0 amide bonds. The summed E-state index contributed by atoms with van der Waals surface area (Å²) in [7, 11) is -3.35. The van der Waals surface area contributed by atoms with E-state index < -0.39 is 44.2 Å². The first kappa shape index (κ1) is 18.3. The summed E-state index contributed by atoms with van der Waals surface area (Å²) in [6.45, 7) is 0. The highest BCUT2D eigenvalue weighted by molar-refractivity contribution is 7.90. The number of rotatable bonds is 4. The van der Waals surface area contributed by atoms with Crippen LogP contribution in [0.15, 0.2) is 47.6 Å². The molecule has 0 bridgehead atoms. The van der Waals surface area contributed by atoms with E-state index >= 15 is 0 Å². The van der Waals surface area contributed by atoms with Crippen molar-refractivity contribution in [2.24, 2.45) is 0 Å². The Morgan fingerprint density at radius 2 is 1.71 bits per heavy atom. The lowest BCUT2D eigenvalue weighted by Gasteiger charge is -2.31. The standard InChI is InChI=1S/C14H12F5N3OS/c1-22(24(20,23)12-6-11(16)7-21-8-12)13(14(17,18)19)9-2-4-10(15)5-3-9/h2-8,13,20H,1H3/t13-,24-/m1/s1. The van der Waals surface area contributed by atoms with Crippen LogP contribution in [0.1, 0.15) is 11.6 Å². The first-order valence-corrected chi connectivity index (χ1v) is 7.99. The molecule has 0 saturated carbocycles. The highest BCUT2D eigenvalue weighted by Crippen LogP contribution is 2.39. The lowest BCUT2D eigenvalue weighted by atomic mass is 10.1. The van der Waals surface area contributed by atoms with Crippen LogP contribution in [0.2, 0.25) is 0 Å². The summed E-state index contributed by atoms with van der Waals surface area (Å²) in [5.41, 5.74) is -0.393. The minimum Gasteiger partial charge on any atom is -0.260 e. The molecule has 130 valence electrons. The maximum absolute atomic E-state index is 13.4. The van der Waals surface area contributed by atoms with Crippen molar-refractivity contribution in [3.05, 3.63) is 59.9 Å². The molecule has 4 nitrogen and oxygen atoms in total. The topological polar surface area (TPSA) is 57.1 Å². The van der Waals surface area contributed by atoms with Gasteiger partial charge < -0.3 is 0 Å². The highest BCUT2D eigenvalue weighted by atomic mass is 32.2. The highest BCUT2D eigenvalue weighted by Gasteiger charge is 2.46. The second-order valence-electron chi connectivity index (χ2n) is 4.91. The minimum absolute atomic E-state index is 0.274. The second kappa shape index (κ2) is 6.44. The lowest BCUT2D eigenvalue weighted by Crippen LogP contribution is -2.39. The van der Waals surface area contributed by atoms with E-state index in [-0.39, 0.29) is 4.31 Å². The molecule has 0 saturated heterocycles. The zero-order valence-electron chi connectivity index (χ0n) is 12.2. The van der Waals surface area contributed by atoms with Gasteiger partial charge in [0.1, 0.15) is 27.6 Å². The zero-order valence-corrected chi connectivity index (χ0v) is 13.0. The Morgan fingerprint density at radius 3 is 2.21 bits per heavy atom. The maximum Gasteiger partial charge on any atom is 0.409 e. The van der Waals surface area contributed by atoms with Crippen molar-refractivity contribution in [3.63, 3.8) is 0 Å². The summed E-state index contributed by atoms with van der Waals surface area (Å²) in [5.74, 6) is -1.66. The van der Waals surface area contributed by atoms with Gasteiger partial charge in [-0.1, -0.05) is 12.1 Å². The molecule has 24 heavy (non-hydrogen) atoms. The third-order valence-electron chi connectivity index (χ3n) is 3.26. The average molecular weight is 365 g/mol. The van der Waals surface area contributed by atoms with Crippen LogP contribution in [-0.4, -0.2) is 26.7 Å². The van der Waals surface area contributed by atoms with E-state index in [0.29, 0.717) is 6.07 Å². The largest absolute Gasteiger partial charge is 0.409 e. The van der Waals surface area contributed by atoms with E-state index in [0.717, 1.165) is 43.7 Å². The van der Waals surface area contributed by atoms with Crippen molar-refractivity contribution in [3.8, 4) is 0 Å². The summed E-state index contributed by atoms with van der Waals surface area (Å²) in [6, 6.07) is 1.70. The third-order valence-corrected chi connectivity index (χ3v) is 5.15. The molecule has 1 N–H and O–H groups in total. The van der Waals surface area contributed by atoms with E-state index in [4.69, 9.17) is 4.78 Å². The van der Waals surface area contributed by atoms with Gasteiger partial charge in [0.05, 0.1) is 11.1 Å². The van der Waals surface area contributed by atoms with Crippen molar-refractivity contribution in [2.75, 3.05) is 7.05 Å². The Morgan fingerprint density at radius 1 is 1.12 bits per heavy atom. The molecule has 1 aromatic carbocycles. The van der Waals surface area contributed by atoms with Gasteiger partial charge in [-0.2, -0.15) is 13.2 Å². The fourth-order valence-electron chi connectivity index (χ4n) is 2.11. The Hall–Kier alpha value is -2.07. The Kier molecular flexibility index (Phi) is 4.90. The Labute approximate surface area is 135 Å². The summed E-state index contributed by atoms with van der Waals surface area (Å²) in [5, 5.41) is 0. The van der Waals surface area contributed by atoms with E-state index in [1.165, 1.54) is 0 Å². The third kappa shape index (κ3) is 3.70. The van der Waals surface area contributed by atoms with E-state index in [9.17, 15) is 26.2 Å². The number of alkyl halides is 3. The van der Waals surface area contributed by atoms with Gasteiger partial charge in [0.25, 0.3) is 0 Å². The van der Waals surface area contributed by atoms with Gasteiger partial charge in [-0.25, -0.2) is 22.1 Å². The maximum atomic E-state index is 13.4. The van der Waals surface area contributed by atoms with Gasteiger partial charge in [0.15, 0.2) is 0 Å². The molecule has 0 fully saturated rings. The molecule has 2 aromatic rings. The minimum atomic E-state index is -4.89. The van der Waals surface area contributed by atoms with Crippen molar-refractivity contribution < 1.29 is 26.2 Å². The van der Waals surface area contributed by atoms with Crippen LogP contribution < -0.4 is 0 Å². The number of hydrogen-bond acceptors (Lipinski definition) is 3. The van der Waals surface area contributed by atoms with Crippen LogP contribution in [0, 0.1) is 16.4 Å². The molecule has 1 heterocycles. The van der Waals surface area contributed by atoms with Crippen LogP contribution in [0.25, 0.3) is 0 Å². The molecule has 0 aliphatic carbocycles. The molecule has 1 aromatic heterocycles. The van der Waals surface area contributed by atoms with E-state index in [1.807, 2.05) is 0 Å². The molecular formula is C14H12F5N3OS. The quantitative estimate of drug-likeness (QED) is 0.835. The van der Waals surface area contributed by atoms with Crippen LogP contribution in [0.4, 0.5) is 22.0 Å². The molecule has 2 rings (SSSR count). The van der Waals surface area contributed by atoms with Gasteiger partial charge in [-0.05, 0) is 23.8 Å². The summed E-state index contributed by atoms with van der Waals surface area (Å²) >= 11 is 0. The normalized spacial score (nSPS) is 16.0. The smallest absolute Gasteiger partial charge is 0.260 e. The fraction of sp³-hybridized carbons (Fsp3) is 0.214. The molecule has 0 unspecified atom stereocenters. The van der Waals surface area contributed by atoms with Gasteiger partial charge in [-0.15, -0.1) is 0 Å². The van der Waals surface area contributed by atoms with Crippen LogP contribution in [-0.2, 0) is 9.92 Å². The number of halogens is 5. The summed E-state index contributed by atoms with van der Waals surface area (Å²) < 4.78 is 87.2. The van der Waals surface area contributed by atoms with Crippen LogP contribution in [0.5, 0.6) is 0 Å². The first-order chi connectivity index (χ1) is 11.0. The fourth-order valence-corrected chi connectivity index (χ4v) is 3.46. The van der Waals surface area contributed by atoms with Gasteiger partial charge >= 0.3 is 6.18 Å². The molecule has 10 heteroatoms. The van der Waals surface area contributed by atoms with Crippen molar-refractivity contribution in [1.82, 2.24) is 9.29 Å². The van der Waals surface area contributed by atoms with Crippen LogP contribution >= 0.6 is 0 Å². The molecule has 0 radical (unpaired) electrons. The lowest BCUT2D eigenvalue weighted by molar-refractivity contribution is -0.170. The van der Waals surface area contributed by atoms with Crippen molar-refractivity contribution >= 4 is 9.92 Å². The number of benzene rings is 1. The van der Waals surface area contributed by atoms with E-state index in [1.54, 1.807) is 0 Å². The molecule has 0 spiro atoms. The van der Waals surface area contributed by atoms with Crippen molar-refractivity contribution in [1.29, 1.82) is 4.78 Å². The van der Waals surface area contributed by atoms with Gasteiger partial charge in [0.2, 0.25) is 0 Å². The Bertz CT molecular complexity index is 821. The number of pyridine rings is 1. The van der Waals surface area contributed by atoms with Gasteiger partial charge in [-0.3, -0.25) is 4.98 Å². The molecular weight excluding hydrogens is 353 g/mol. The average Bonchev–Trinajstić information content (AvgIpc) is 2.48. The summed E-state index contributed by atoms with van der Waals surface area (Å²) in [6.07, 6.45) is -3.25. The number of nitrogens with one attached hydrogen (secondary N) is 1. The molecule has 0 aliphatic heterocycles.